The monoisotopic (exact) mass is 275 g/mol. The Morgan fingerprint density at radius 3 is 3.16 bits per heavy atom. The van der Waals surface area contributed by atoms with Gasteiger partial charge in [-0.15, -0.1) is 0 Å². The third kappa shape index (κ3) is 2.87. The summed E-state index contributed by atoms with van der Waals surface area (Å²) in [6.45, 7) is 2.71. The highest BCUT2D eigenvalue weighted by Gasteiger charge is 2.15. The molecule has 0 aliphatic heterocycles. The molecule has 3 aromatic heterocycles. The number of aromatic nitrogens is 5. The first-order chi connectivity index (χ1) is 9.31. The first kappa shape index (κ1) is 12.0. The van der Waals surface area contributed by atoms with Crippen molar-refractivity contribution in [1.29, 1.82) is 0 Å². The van der Waals surface area contributed by atoms with Crippen molar-refractivity contribution in [2.45, 2.75) is 25.8 Å². The largest absolute Gasteiger partial charge is 0.339 e. The van der Waals surface area contributed by atoms with Crippen LogP contribution in [-0.2, 0) is 13.0 Å². The molecule has 0 aliphatic carbocycles. The molecule has 7 heteroatoms. The third-order valence-corrected chi connectivity index (χ3v) is 3.51. The van der Waals surface area contributed by atoms with Crippen LogP contribution >= 0.6 is 11.3 Å². The summed E-state index contributed by atoms with van der Waals surface area (Å²) in [4.78, 5) is 8.34. The molecule has 1 atom stereocenters. The molecule has 3 rings (SSSR count). The van der Waals surface area contributed by atoms with Crippen molar-refractivity contribution < 1.29 is 4.52 Å². The first-order valence-electron chi connectivity index (χ1n) is 5.97. The molecule has 0 bridgehead atoms. The van der Waals surface area contributed by atoms with Gasteiger partial charge in [-0.25, -0.2) is 4.98 Å². The van der Waals surface area contributed by atoms with E-state index in [2.05, 4.69) is 31.7 Å². The summed E-state index contributed by atoms with van der Waals surface area (Å²) in [5, 5.41) is 12.2. The maximum Gasteiger partial charge on any atom is 0.231 e. The second-order valence-corrected chi connectivity index (χ2v) is 5.16. The van der Waals surface area contributed by atoms with Gasteiger partial charge in [-0.3, -0.25) is 4.68 Å². The zero-order valence-corrected chi connectivity index (χ0v) is 11.2. The summed E-state index contributed by atoms with van der Waals surface area (Å²) < 4.78 is 7.06. The predicted octanol–water partition coefficient (Wildman–Crippen LogP) is 2.12. The summed E-state index contributed by atoms with van der Waals surface area (Å²) in [6, 6.07) is 2.07. The fourth-order valence-corrected chi connectivity index (χ4v) is 2.47. The van der Waals surface area contributed by atoms with E-state index in [1.807, 2.05) is 12.3 Å². The van der Waals surface area contributed by atoms with Crippen molar-refractivity contribution in [3.05, 3.63) is 46.8 Å². The van der Waals surface area contributed by atoms with Crippen molar-refractivity contribution in [3.8, 4) is 0 Å². The molecule has 0 amide bonds. The van der Waals surface area contributed by atoms with E-state index in [-0.39, 0.29) is 5.92 Å². The van der Waals surface area contributed by atoms with Crippen LogP contribution in [-0.4, -0.2) is 24.9 Å². The van der Waals surface area contributed by atoms with Gasteiger partial charge in [0.05, 0.1) is 12.5 Å². The van der Waals surface area contributed by atoms with E-state index in [1.165, 1.54) is 11.9 Å². The van der Waals surface area contributed by atoms with Gasteiger partial charge in [0, 0.05) is 6.42 Å². The van der Waals surface area contributed by atoms with Gasteiger partial charge in [-0.05, 0) is 22.4 Å². The Labute approximate surface area is 114 Å². The SMILES string of the molecule is C[C@H](Cn1cncn1)c1nc(Cc2ccsc2)no1. The number of hydrogen-bond donors (Lipinski definition) is 0. The van der Waals surface area contributed by atoms with E-state index in [0.29, 0.717) is 18.9 Å². The van der Waals surface area contributed by atoms with E-state index in [4.69, 9.17) is 4.52 Å². The standard InChI is InChI=1S/C12H13N5OS/c1-9(5-17-8-13-7-14-17)12-15-11(16-18-12)4-10-2-3-19-6-10/h2-3,6-9H,4-5H2,1H3/t9-/m1/s1. The van der Waals surface area contributed by atoms with Crippen molar-refractivity contribution in [2.24, 2.45) is 0 Å². The Hall–Kier alpha value is -2.02. The molecule has 0 aliphatic rings. The topological polar surface area (TPSA) is 69.6 Å². The molecule has 3 heterocycles. The Bertz CT molecular complexity index is 616. The molecule has 0 radical (unpaired) electrons. The summed E-state index contributed by atoms with van der Waals surface area (Å²) in [5.41, 5.74) is 1.21. The minimum Gasteiger partial charge on any atom is -0.339 e. The normalized spacial score (nSPS) is 12.7. The molecular weight excluding hydrogens is 262 g/mol. The van der Waals surface area contributed by atoms with Gasteiger partial charge in [-0.1, -0.05) is 12.1 Å². The van der Waals surface area contributed by atoms with Crippen molar-refractivity contribution in [2.75, 3.05) is 0 Å². The first-order valence-corrected chi connectivity index (χ1v) is 6.91. The molecule has 0 saturated heterocycles. The van der Waals surface area contributed by atoms with E-state index >= 15 is 0 Å². The second kappa shape index (κ2) is 5.31. The third-order valence-electron chi connectivity index (χ3n) is 2.78. The van der Waals surface area contributed by atoms with Crippen LogP contribution in [0.3, 0.4) is 0 Å². The van der Waals surface area contributed by atoms with Crippen molar-refractivity contribution in [3.63, 3.8) is 0 Å². The second-order valence-electron chi connectivity index (χ2n) is 4.38. The molecule has 0 saturated carbocycles. The van der Waals surface area contributed by atoms with E-state index < -0.39 is 0 Å². The van der Waals surface area contributed by atoms with Crippen molar-refractivity contribution in [1.82, 2.24) is 24.9 Å². The molecule has 3 aromatic rings. The summed E-state index contributed by atoms with van der Waals surface area (Å²) in [5.74, 6) is 1.48. The zero-order valence-electron chi connectivity index (χ0n) is 10.4. The van der Waals surface area contributed by atoms with Crippen LogP contribution < -0.4 is 0 Å². The van der Waals surface area contributed by atoms with Gasteiger partial charge in [-0.2, -0.15) is 21.4 Å². The molecule has 0 fully saturated rings. The summed E-state index contributed by atoms with van der Waals surface area (Å²) in [7, 11) is 0. The van der Waals surface area contributed by atoms with Crippen LogP contribution in [0.1, 0.15) is 30.1 Å². The van der Waals surface area contributed by atoms with Crippen LogP contribution in [0.25, 0.3) is 0 Å². The molecule has 98 valence electrons. The average molecular weight is 275 g/mol. The maximum absolute atomic E-state index is 5.30. The molecule has 0 unspecified atom stereocenters. The van der Waals surface area contributed by atoms with Crippen LogP contribution in [0, 0.1) is 0 Å². The molecule has 0 aromatic carbocycles. The molecule has 0 N–H and O–H groups in total. The summed E-state index contributed by atoms with van der Waals surface area (Å²) >= 11 is 1.67. The lowest BCUT2D eigenvalue weighted by molar-refractivity contribution is 0.339. The highest BCUT2D eigenvalue weighted by Crippen LogP contribution is 2.16. The molecule has 19 heavy (non-hydrogen) atoms. The van der Waals surface area contributed by atoms with E-state index in [0.717, 1.165) is 5.82 Å². The Morgan fingerprint density at radius 1 is 1.47 bits per heavy atom. The molecule has 0 spiro atoms. The average Bonchev–Trinajstić information content (AvgIpc) is 3.10. The number of hydrogen-bond acceptors (Lipinski definition) is 6. The van der Waals surface area contributed by atoms with Gasteiger partial charge < -0.3 is 4.52 Å². The van der Waals surface area contributed by atoms with Crippen LogP contribution in [0.2, 0.25) is 0 Å². The summed E-state index contributed by atoms with van der Waals surface area (Å²) in [6.07, 6.45) is 3.91. The minimum atomic E-state index is 0.116. The Balaban J connectivity index is 1.67. The highest BCUT2D eigenvalue weighted by molar-refractivity contribution is 7.07. The Morgan fingerprint density at radius 2 is 2.42 bits per heavy atom. The van der Waals surface area contributed by atoms with E-state index in [1.54, 1.807) is 22.3 Å². The van der Waals surface area contributed by atoms with Crippen LogP contribution in [0.15, 0.2) is 34.0 Å². The number of rotatable bonds is 5. The smallest absolute Gasteiger partial charge is 0.231 e. The van der Waals surface area contributed by atoms with Gasteiger partial charge in [0.15, 0.2) is 5.82 Å². The fraction of sp³-hybridized carbons (Fsp3) is 0.333. The van der Waals surface area contributed by atoms with Gasteiger partial charge >= 0.3 is 0 Å². The minimum absolute atomic E-state index is 0.116. The highest BCUT2D eigenvalue weighted by atomic mass is 32.1. The molecular formula is C12H13N5OS. The van der Waals surface area contributed by atoms with Crippen LogP contribution in [0.5, 0.6) is 0 Å². The van der Waals surface area contributed by atoms with Gasteiger partial charge in [0.2, 0.25) is 5.89 Å². The zero-order chi connectivity index (χ0) is 13.1. The van der Waals surface area contributed by atoms with Gasteiger partial charge in [0.25, 0.3) is 0 Å². The lowest BCUT2D eigenvalue weighted by Crippen LogP contribution is -2.07. The molecule has 6 nitrogen and oxygen atoms in total. The number of thiophene rings is 1. The van der Waals surface area contributed by atoms with Gasteiger partial charge in [0.1, 0.15) is 12.7 Å². The Kier molecular flexibility index (Phi) is 3.37. The van der Waals surface area contributed by atoms with E-state index in [9.17, 15) is 0 Å². The quantitative estimate of drug-likeness (QED) is 0.713. The maximum atomic E-state index is 5.30. The van der Waals surface area contributed by atoms with Crippen LogP contribution in [0.4, 0.5) is 0 Å². The lowest BCUT2D eigenvalue weighted by atomic mass is 10.2. The number of nitrogens with zero attached hydrogens (tertiary/aromatic N) is 5. The fourth-order valence-electron chi connectivity index (χ4n) is 1.80. The lowest BCUT2D eigenvalue weighted by Gasteiger charge is -2.04. The predicted molar refractivity (Wildman–Crippen MR) is 69.9 cm³/mol. The van der Waals surface area contributed by atoms with Crippen molar-refractivity contribution >= 4 is 11.3 Å².